The molecule has 0 aliphatic carbocycles. The van der Waals surface area contributed by atoms with E-state index in [0.29, 0.717) is 24.1 Å². The molecule has 5 nitrogen and oxygen atoms in total. The van der Waals surface area contributed by atoms with Crippen LogP contribution >= 0.6 is 0 Å². The molecule has 1 fully saturated rings. The SMILES string of the molecule is CCC1CCCCN1c1cc(C(=O)NCc2ccccc2C)nc(C)n1. The van der Waals surface area contributed by atoms with Crippen LogP contribution in [0.25, 0.3) is 0 Å². The third kappa shape index (κ3) is 4.21. The lowest BCUT2D eigenvalue weighted by Crippen LogP contribution is -2.40. The molecular weight excluding hydrogens is 324 g/mol. The lowest BCUT2D eigenvalue weighted by atomic mass is 10.00. The molecule has 1 aromatic carbocycles. The van der Waals surface area contributed by atoms with Gasteiger partial charge >= 0.3 is 0 Å². The third-order valence-corrected chi connectivity index (χ3v) is 5.15. The number of carbonyl (C=O) groups excluding carboxylic acids is 1. The fourth-order valence-electron chi connectivity index (χ4n) is 3.62. The number of amides is 1. The smallest absolute Gasteiger partial charge is 0.270 e. The van der Waals surface area contributed by atoms with Crippen LogP contribution in [0.4, 0.5) is 5.82 Å². The molecule has 1 atom stereocenters. The average Bonchev–Trinajstić information content (AvgIpc) is 2.66. The van der Waals surface area contributed by atoms with Gasteiger partial charge in [-0.25, -0.2) is 9.97 Å². The maximum Gasteiger partial charge on any atom is 0.270 e. The molecule has 2 heterocycles. The van der Waals surface area contributed by atoms with Crippen LogP contribution in [0.1, 0.15) is 60.0 Å². The van der Waals surface area contributed by atoms with E-state index < -0.39 is 0 Å². The van der Waals surface area contributed by atoms with E-state index in [1.54, 1.807) is 0 Å². The van der Waals surface area contributed by atoms with Gasteiger partial charge in [0.2, 0.25) is 0 Å². The quantitative estimate of drug-likeness (QED) is 0.889. The van der Waals surface area contributed by atoms with Gasteiger partial charge in [-0.05, 0) is 50.7 Å². The summed E-state index contributed by atoms with van der Waals surface area (Å²) in [5, 5.41) is 2.99. The second-order valence-electron chi connectivity index (χ2n) is 7.02. The van der Waals surface area contributed by atoms with Gasteiger partial charge in [-0.2, -0.15) is 0 Å². The van der Waals surface area contributed by atoms with E-state index in [4.69, 9.17) is 0 Å². The summed E-state index contributed by atoms with van der Waals surface area (Å²) in [7, 11) is 0. The number of nitrogens with zero attached hydrogens (tertiary/aromatic N) is 3. The van der Waals surface area contributed by atoms with Gasteiger partial charge < -0.3 is 10.2 Å². The molecule has 3 rings (SSSR count). The normalized spacial score (nSPS) is 17.2. The first kappa shape index (κ1) is 18.4. The van der Waals surface area contributed by atoms with Crippen molar-refractivity contribution in [3.8, 4) is 0 Å². The van der Waals surface area contributed by atoms with Crippen molar-refractivity contribution in [2.45, 2.75) is 59.0 Å². The zero-order chi connectivity index (χ0) is 18.5. The molecule has 1 N–H and O–H groups in total. The third-order valence-electron chi connectivity index (χ3n) is 5.15. The Hall–Kier alpha value is -2.43. The topological polar surface area (TPSA) is 58.1 Å². The molecule has 1 aliphatic heterocycles. The van der Waals surface area contributed by atoms with E-state index in [1.165, 1.54) is 24.8 Å². The molecule has 0 saturated carbocycles. The van der Waals surface area contributed by atoms with Crippen molar-refractivity contribution >= 4 is 11.7 Å². The van der Waals surface area contributed by atoms with Crippen molar-refractivity contribution in [3.05, 3.63) is 53.0 Å². The second-order valence-corrected chi connectivity index (χ2v) is 7.02. The van der Waals surface area contributed by atoms with Crippen molar-refractivity contribution in [1.29, 1.82) is 0 Å². The van der Waals surface area contributed by atoms with Crippen molar-refractivity contribution < 1.29 is 4.79 Å². The molecule has 1 aromatic heterocycles. The molecule has 1 unspecified atom stereocenters. The van der Waals surface area contributed by atoms with E-state index in [-0.39, 0.29) is 5.91 Å². The van der Waals surface area contributed by atoms with Gasteiger partial charge in [-0.3, -0.25) is 4.79 Å². The Morgan fingerprint density at radius 2 is 2.04 bits per heavy atom. The molecule has 0 spiro atoms. The number of aryl methyl sites for hydroxylation is 2. The largest absolute Gasteiger partial charge is 0.354 e. The summed E-state index contributed by atoms with van der Waals surface area (Å²) in [5.41, 5.74) is 2.74. The highest BCUT2D eigenvalue weighted by Crippen LogP contribution is 2.25. The van der Waals surface area contributed by atoms with Gasteiger partial charge in [-0.1, -0.05) is 31.2 Å². The Bertz CT molecular complexity index is 774. The number of rotatable bonds is 5. The van der Waals surface area contributed by atoms with E-state index >= 15 is 0 Å². The monoisotopic (exact) mass is 352 g/mol. The van der Waals surface area contributed by atoms with Crippen molar-refractivity contribution in [1.82, 2.24) is 15.3 Å². The van der Waals surface area contributed by atoms with Gasteiger partial charge in [0.05, 0.1) is 0 Å². The van der Waals surface area contributed by atoms with Crippen LogP contribution in [0, 0.1) is 13.8 Å². The lowest BCUT2D eigenvalue weighted by molar-refractivity contribution is 0.0945. The Morgan fingerprint density at radius 1 is 1.23 bits per heavy atom. The molecule has 26 heavy (non-hydrogen) atoms. The summed E-state index contributed by atoms with van der Waals surface area (Å²) in [4.78, 5) is 24.0. The first-order valence-electron chi connectivity index (χ1n) is 9.53. The summed E-state index contributed by atoms with van der Waals surface area (Å²) < 4.78 is 0. The maximum atomic E-state index is 12.6. The van der Waals surface area contributed by atoms with Crippen molar-refractivity contribution in [2.24, 2.45) is 0 Å². The zero-order valence-electron chi connectivity index (χ0n) is 16.0. The second kappa shape index (κ2) is 8.30. The summed E-state index contributed by atoms with van der Waals surface area (Å²) in [6.07, 6.45) is 4.73. The number of carbonyl (C=O) groups is 1. The highest BCUT2D eigenvalue weighted by Gasteiger charge is 2.23. The average molecular weight is 352 g/mol. The number of hydrogen-bond acceptors (Lipinski definition) is 4. The summed E-state index contributed by atoms with van der Waals surface area (Å²) in [6.45, 7) is 7.62. The Kier molecular flexibility index (Phi) is 5.86. The predicted octanol–water partition coefficient (Wildman–Crippen LogP) is 3.79. The highest BCUT2D eigenvalue weighted by atomic mass is 16.1. The number of hydrogen-bond donors (Lipinski definition) is 1. The van der Waals surface area contributed by atoms with E-state index in [0.717, 1.165) is 24.3 Å². The van der Waals surface area contributed by atoms with Gasteiger partial charge in [0.1, 0.15) is 17.3 Å². The molecule has 138 valence electrons. The molecule has 5 heteroatoms. The summed E-state index contributed by atoms with van der Waals surface area (Å²) in [6, 6.07) is 10.4. The van der Waals surface area contributed by atoms with Gasteiger partial charge in [-0.15, -0.1) is 0 Å². The minimum Gasteiger partial charge on any atom is -0.354 e. The lowest BCUT2D eigenvalue weighted by Gasteiger charge is -2.36. The fourth-order valence-corrected chi connectivity index (χ4v) is 3.62. The number of aromatic nitrogens is 2. The summed E-state index contributed by atoms with van der Waals surface area (Å²) in [5.74, 6) is 1.37. The first-order chi connectivity index (χ1) is 12.6. The molecular formula is C21H28N4O. The summed E-state index contributed by atoms with van der Waals surface area (Å²) >= 11 is 0. The first-order valence-corrected chi connectivity index (χ1v) is 9.53. The molecule has 2 aromatic rings. The molecule has 0 bridgehead atoms. The van der Waals surface area contributed by atoms with Crippen LogP contribution in [0.15, 0.2) is 30.3 Å². The fraction of sp³-hybridized carbons (Fsp3) is 0.476. The zero-order valence-corrected chi connectivity index (χ0v) is 16.0. The standard InChI is InChI=1S/C21H28N4O/c1-4-18-11-7-8-12-25(18)20-13-19(23-16(3)24-20)21(26)22-14-17-10-6-5-9-15(17)2/h5-6,9-10,13,18H,4,7-8,11-12,14H2,1-3H3,(H,22,26). The van der Waals surface area contributed by atoms with Crippen molar-refractivity contribution in [3.63, 3.8) is 0 Å². The molecule has 0 radical (unpaired) electrons. The van der Waals surface area contributed by atoms with Crippen LogP contribution in [0.3, 0.4) is 0 Å². The Labute approximate surface area is 155 Å². The van der Waals surface area contributed by atoms with E-state index in [9.17, 15) is 4.79 Å². The van der Waals surface area contributed by atoms with Crippen LogP contribution in [-0.4, -0.2) is 28.5 Å². The van der Waals surface area contributed by atoms with Crippen LogP contribution in [0.2, 0.25) is 0 Å². The van der Waals surface area contributed by atoms with Crippen molar-refractivity contribution in [2.75, 3.05) is 11.4 Å². The molecule has 1 aliphatic rings. The van der Waals surface area contributed by atoms with Crippen LogP contribution in [-0.2, 0) is 6.54 Å². The number of piperidine rings is 1. The highest BCUT2D eigenvalue weighted by molar-refractivity contribution is 5.93. The number of benzene rings is 1. The van der Waals surface area contributed by atoms with Crippen LogP contribution < -0.4 is 10.2 Å². The van der Waals surface area contributed by atoms with E-state index in [2.05, 4.69) is 40.1 Å². The van der Waals surface area contributed by atoms with Crippen LogP contribution in [0.5, 0.6) is 0 Å². The number of nitrogens with one attached hydrogen (secondary N) is 1. The molecule has 1 saturated heterocycles. The minimum atomic E-state index is -0.148. The Morgan fingerprint density at radius 3 is 2.81 bits per heavy atom. The maximum absolute atomic E-state index is 12.6. The van der Waals surface area contributed by atoms with Gasteiger partial charge in [0.15, 0.2) is 0 Å². The predicted molar refractivity (Wildman–Crippen MR) is 104 cm³/mol. The van der Waals surface area contributed by atoms with E-state index in [1.807, 2.05) is 31.2 Å². The van der Waals surface area contributed by atoms with Gasteiger partial charge in [0, 0.05) is 25.2 Å². The van der Waals surface area contributed by atoms with Gasteiger partial charge in [0.25, 0.3) is 5.91 Å². The number of anilines is 1. The molecule has 1 amide bonds. The minimum absolute atomic E-state index is 0.148. The Balaban J connectivity index is 1.76.